The van der Waals surface area contributed by atoms with Crippen molar-refractivity contribution in [2.45, 2.75) is 19.0 Å². The molecule has 0 aliphatic heterocycles. The average Bonchev–Trinajstić information content (AvgIpc) is 3.44. The minimum absolute atomic E-state index is 0.0240. The lowest BCUT2D eigenvalue weighted by Crippen LogP contribution is -2.44. The number of rotatable bonds is 12. The van der Waals surface area contributed by atoms with Crippen LogP contribution >= 0.6 is 11.6 Å². The van der Waals surface area contributed by atoms with Crippen molar-refractivity contribution in [3.8, 4) is 5.69 Å². The molecule has 0 bridgehead atoms. The van der Waals surface area contributed by atoms with Crippen LogP contribution < -0.4 is 27.3 Å². The first-order valence-corrected chi connectivity index (χ1v) is 13.9. The van der Waals surface area contributed by atoms with Gasteiger partial charge >= 0.3 is 0 Å². The first-order valence-electron chi connectivity index (χ1n) is 13.5. The lowest BCUT2D eigenvalue weighted by Gasteiger charge is -2.19. The second kappa shape index (κ2) is 14.9. The van der Waals surface area contributed by atoms with E-state index in [-0.39, 0.29) is 12.1 Å². The molecule has 44 heavy (non-hydrogen) atoms. The Kier molecular flexibility index (Phi) is 10.8. The van der Waals surface area contributed by atoms with Crippen LogP contribution in [0.4, 0.5) is 15.8 Å². The van der Waals surface area contributed by atoms with E-state index in [9.17, 15) is 9.59 Å². The molecule has 0 aliphatic carbocycles. The van der Waals surface area contributed by atoms with Crippen molar-refractivity contribution < 1.29 is 14.0 Å². The molecule has 0 aliphatic rings. The van der Waals surface area contributed by atoms with Gasteiger partial charge in [-0.05, 0) is 56.1 Å². The number of amides is 2. The van der Waals surface area contributed by atoms with E-state index < -0.39 is 23.7 Å². The molecule has 1 atom stereocenters. The van der Waals surface area contributed by atoms with Gasteiger partial charge in [-0.15, -0.1) is 0 Å². The zero-order chi connectivity index (χ0) is 31.6. The predicted octanol–water partition coefficient (Wildman–Crippen LogP) is 3.69. The lowest BCUT2D eigenvalue weighted by atomic mass is 10.0. The highest BCUT2D eigenvalue weighted by molar-refractivity contribution is 6.30. The van der Waals surface area contributed by atoms with Crippen LogP contribution in [0.3, 0.4) is 0 Å². The van der Waals surface area contributed by atoms with E-state index in [2.05, 4.69) is 20.7 Å². The number of imidazole rings is 1. The van der Waals surface area contributed by atoms with E-state index >= 15 is 4.39 Å². The second-order valence-corrected chi connectivity index (χ2v) is 10.5. The summed E-state index contributed by atoms with van der Waals surface area (Å²) >= 11 is 6.14. The maximum atomic E-state index is 15.2. The average molecular weight is 618 g/mol. The Bertz CT molecular complexity index is 1660. The molecule has 0 unspecified atom stereocenters. The Balaban J connectivity index is 1.53. The summed E-state index contributed by atoms with van der Waals surface area (Å²) in [4.78, 5) is 32.7. The molecule has 13 heteroatoms. The first-order chi connectivity index (χ1) is 21.1. The number of halogens is 2. The quantitative estimate of drug-likeness (QED) is 0.0623. The third kappa shape index (κ3) is 8.51. The summed E-state index contributed by atoms with van der Waals surface area (Å²) in [5.41, 5.74) is 2.33. The van der Waals surface area contributed by atoms with Crippen LogP contribution in [-0.2, 0) is 22.6 Å². The number of hydrazine groups is 1. The van der Waals surface area contributed by atoms with Crippen molar-refractivity contribution in [2.75, 3.05) is 24.4 Å². The molecular formula is C31H33ClFN9O2. The number of hydrogen-bond acceptors (Lipinski definition) is 7. The normalized spacial score (nSPS) is 12.1. The SMILES string of the molecule is CN(C)Cc1nccn1-c1ccc(NC(=O)[C@H](Cc2ccccc2)NC(=O)/C=C/c2cc(Cl)ccc2N(N)/C=N\N)c(F)c1. The number of nitrogens with one attached hydrogen (secondary N) is 2. The van der Waals surface area contributed by atoms with E-state index in [1.165, 1.54) is 35.6 Å². The van der Waals surface area contributed by atoms with Gasteiger partial charge in [0.05, 0.1) is 17.9 Å². The smallest absolute Gasteiger partial charge is 0.247 e. The highest BCUT2D eigenvalue weighted by Gasteiger charge is 2.22. The minimum Gasteiger partial charge on any atom is -0.340 e. The van der Waals surface area contributed by atoms with Gasteiger partial charge in [0.2, 0.25) is 11.8 Å². The van der Waals surface area contributed by atoms with Gasteiger partial charge in [-0.25, -0.2) is 15.2 Å². The Hall–Kier alpha value is -5.04. The summed E-state index contributed by atoms with van der Waals surface area (Å²) in [5.74, 6) is 10.1. The molecule has 0 fully saturated rings. The van der Waals surface area contributed by atoms with Gasteiger partial charge in [-0.2, -0.15) is 5.10 Å². The van der Waals surface area contributed by atoms with Crippen LogP contribution in [-0.4, -0.2) is 52.7 Å². The second-order valence-electron chi connectivity index (χ2n) is 10.1. The number of benzene rings is 3. The predicted molar refractivity (Wildman–Crippen MR) is 171 cm³/mol. The van der Waals surface area contributed by atoms with Crippen LogP contribution in [0, 0.1) is 5.82 Å². The molecule has 3 aromatic carbocycles. The van der Waals surface area contributed by atoms with Crippen molar-refractivity contribution >= 4 is 47.2 Å². The molecule has 0 saturated heterocycles. The molecule has 6 N–H and O–H groups in total. The molecule has 2 amide bonds. The number of carbonyl (C=O) groups is 2. The van der Waals surface area contributed by atoms with Crippen molar-refractivity contribution in [3.05, 3.63) is 113 Å². The maximum absolute atomic E-state index is 15.2. The summed E-state index contributed by atoms with van der Waals surface area (Å²) in [6, 6.07) is 17.5. The Morgan fingerprint density at radius 1 is 1.14 bits per heavy atom. The third-order valence-electron chi connectivity index (χ3n) is 6.45. The topological polar surface area (TPSA) is 147 Å². The fraction of sp³-hybridized carbons (Fsp3) is 0.161. The van der Waals surface area contributed by atoms with E-state index in [1.807, 2.05) is 49.3 Å². The van der Waals surface area contributed by atoms with Gasteiger partial charge in [0.15, 0.2) is 0 Å². The highest BCUT2D eigenvalue weighted by Crippen LogP contribution is 2.24. The summed E-state index contributed by atoms with van der Waals surface area (Å²) in [6.07, 6.45) is 7.50. The minimum atomic E-state index is -1.02. The maximum Gasteiger partial charge on any atom is 0.247 e. The lowest BCUT2D eigenvalue weighted by molar-refractivity contribution is -0.123. The number of aromatic nitrogens is 2. The van der Waals surface area contributed by atoms with Crippen LogP contribution in [0.1, 0.15) is 17.0 Å². The molecule has 0 radical (unpaired) electrons. The van der Waals surface area contributed by atoms with E-state index in [1.54, 1.807) is 41.2 Å². The standard InChI is InChI=1S/C31H33ClFN9O2/c1-40(2)19-29-36-14-15-41(29)24-10-11-26(25(33)18-24)39-31(44)27(16-21-6-4-3-5-7-21)38-30(43)13-8-22-17-23(32)9-12-28(22)42(35)20-37-34/h3-15,17-18,20,27H,16,19,34-35H2,1-2H3,(H,38,43)(H,39,44)/b13-8+,37-20-/t27-/m0/s1. The van der Waals surface area contributed by atoms with E-state index in [0.29, 0.717) is 28.5 Å². The molecule has 11 nitrogen and oxygen atoms in total. The molecule has 4 aromatic rings. The first kappa shape index (κ1) is 31.9. The fourth-order valence-corrected chi connectivity index (χ4v) is 4.60. The van der Waals surface area contributed by atoms with Gasteiger partial charge in [0.1, 0.15) is 24.0 Å². The van der Waals surface area contributed by atoms with Crippen molar-refractivity contribution in [3.63, 3.8) is 0 Å². The van der Waals surface area contributed by atoms with E-state index in [4.69, 9.17) is 23.3 Å². The molecule has 0 spiro atoms. The largest absolute Gasteiger partial charge is 0.340 e. The number of nitrogens with two attached hydrogens (primary N) is 2. The van der Waals surface area contributed by atoms with Gasteiger partial charge in [0.25, 0.3) is 0 Å². The van der Waals surface area contributed by atoms with Crippen molar-refractivity contribution in [2.24, 2.45) is 16.8 Å². The van der Waals surface area contributed by atoms with Crippen LogP contribution in [0.5, 0.6) is 0 Å². The Labute approximate surface area is 259 Å². The van der Waals surface area contributed by atoms with E-state index in [0.717, 1.165) is 11.4 Å². The Morgan fingerprint density at radius 3 is 2.61 bits per heavy atom. The fourth-order valence-electron chi connectivity index (χ4n) is 4.42. The van der Waals surface area contributed by atoms with Gasteiger partial charge in [-0.3, -0.25) is 14.6 Å². The molecule has 1 aromatic heterocycles. The molecule has 0 saturated carbocycles. The van der Waals surface area contributed by atoms with Crippen molar-refractivity contribution in [1.29, 1.82) is 0 Å². The van der Waals surface area contributed by atoms with Crippen molar-refractivity contribution in [1.82, 2.24) is 19.8 Å². The summed E-state index contributed by atoms with van der Waals surface area (Å²) in [7, 11) is 3.83. The number of carbonyl (C=O) groups excluding carboxylic acids is 2. The molecule has 4 rings (SSSR count). The summed E-state index contributed by atoms with van der Waals surface area (Å²) in [6.45, 7) is 0.563. The van der Waals surface area contributed by atoms with Crippen LogP contribution in [0.2, 0.25) is 5.02 Å². The number of nitrogens with zero attached hydrogens (tertiary/aromatic N) is 5. The van der Waals surface area contributed by atoms with Gasteiger partial charge < -0.3 is 25.9 Å². The zero-order valence-electron chi connectivity index (χ0n) is 24.2. The van der Waals surface area contributed by atoms with Crippen LogP contribution in [0.25, 0.3) is 11.8 Å². The van der Waals surface area contributed by atoms with Gasteiger partial charge in [-0.1, -0.05) is 41.9 Å². The summed E-state index contributed by atoms with van der Waals surface area (Å²) < 4.78 is 17.0. The highest BCUT2D eigenvalue weighted by atomic mass is 35.5. The number of hydrogen-bond donors (Lipinski definition) is 4. The van der Waals surface area contributed by atoms with Crippen LogP contribution in [0.15, 0.2) is 90.3 Å². The zero-order valence-corrected chi connectivity index (χ0v) is 24.9. The number of anilines is 2. The molecule has 228 valence electrons. The third-order valence-corrected chi connectivity index (χ3v) is 6.69. The molecule has 1 heterocycles. The molecular weight excluding hydrogens is 585 g/mol. The Morgan fingerprint density at radius 2 is 1.91 bits per heavy atom. The number of hydrazone groups is 1. The summed E-state index contributed by atoms with van der Waals surface area (Å²) in [5, 5.41) is 10.3. The monoisotopic (exact) mass is 617 g/mol. The van der Waals surface area contributed by atoms with Gasteiger partial charge in [0, 0.05) is 47.2 Å².